The van der Waals surface area contributed by atoms with E-state index in [0.717, 1.165) is 55.1 Å². The molecule has 0 unspecified atom stereocenters. The molecule has 0 saturated carbocycles. The first-order valence-electron chi connectivity index (χ1n) is 12.7. The minimum atomic E-state index is -0.249. The predicted octanol–water partition coefficient (Wildman–Crippen LogP) is 4.90. The molecule has 8 nitrogen and oxygen atoms in total. The van der Waals surface area contributed by atoms with Crippen LogP contribution in [0.4, 0.5) is 11.4 Å². The second-order valence-corrected chi connectivity index (χ2v) is 9.62. The summed E-state index contributed by atoms with van der Waals surface area (Å²) in [7, 11) is 2.14. The highest BCUT2D eigenvalue weighted by molar-refractivity contribution is 6.05. The number of nitrogens with zero attached hydrogens (tertiary/aromatic N) is 3. The van der Waals surface area contributed by atoms with E-state index in [-0.39, 0.29) is 11.8 Å². The van der Waals surface area contributed by atoms with E-state index in [4.69, 9.17) is 4.42 Å². The van der Waals surface area contributed by atoms with Gasteiger partial charge in [0.15, 0.2) is 0 Å². The predicted molar refractivity (Wildman–Crippen MR) is 148 cm³/mol. The summed E-state index contributed by atoms with van der Waals surface area (Å²) in [6.45, 7) is 6.90. The van der Waals surface area contributed by atoms with Gasteiger partial charge in [0.1, 0.15) is 6.26 Å². The van der Waals surface area contributed by atoms with E-state index < -0.39 is 0 Å². The fourth-order valence-corrected chi connectivity index (χ4v) is 4.48. The molecule has 0 bridgehead atoms. The maximum absolute atomic E-state index is 13.1. The van der Waals surface area contributed by atoms with Crippen LogP contribution < -0.4 is 10.6 Å². The minimum absolute atomic E-state index is 0.201. The largest absolute Gasteiger partial charge is 0.472 e. The number of rotatable bonds is 7. The van der Waals surface area contributed by atoms with Crippen molar-refractivity contribution in [1.29, 1.82) is 0 Å². The van der Waals surface area contributed by atoms with E-state index >= 15 is 0 Å². The highest BCUT2D eigenvalue weighted by Crippen LogP contribution is 2.26. The van der Waals surface area contributed by atoms with Crippen molar-refractivity contribution in [2.45, 2.75) is 13.5 Å². The summed E-state index contributed by atoms with van der Waals surface area (Å²) >= 11 is 0. The van der Waals surface area contributed by atoms with Crippen molar-refractivity contribution < 1.29 is 14.0 Å². The van der Waals surface area contributed by atoms with Crippen LogP contribution in [0.5, 0.6) is 0 Å². The topological polar surface area (TPSA) is 90.7 Å². The molecule has 2 N–H and O–H groups in total. The molecule has 8 heteroatoms. The molecular weight excluding hydrogens is 478 g/mol. The first-order valence-corrected chi connectivity index (χ1v) is 12.7. The molecule has 0 aliphatic carbocycles. The summed E-state index contributed by atoms with van der Waals surface area (Å²) in [6, 6.07) is 18.8. The fraction of sp³-hybridized carbons (Fsp3) is 0.233. The summed E-state index contributed by atoms with van der Waals surface area (Å²) in [5.41, 5.74) is 6.09. The second-order valence-electron chi connectivity index (χ2n) is 9.62. The van der Waals surface area contributed by atoms with Crippen LogP contribution in [0.2, 0.25) is 0 Å². The lowest BCUT2D eigenvalue weighted by atomic mass is 10.0. The number of piperazine rings is 1. The number of hydrogen-bond acceptors (Lipinski definition) is 6. The Morgan fingerprint density at radius 3 is 2.45 bits per heavy atom. The summed E-state index contributed by atoms with van der Waals surface area (Å²) in [5, 5.41) is 5.95. The number of likely N-dealkylation sites (N-methyl/N-ethyl adjacent to an activating group) is 1. The molecule has 0 radical (unpaired) electrons. The van der Waals surface area contributed by atoms with Crippen LogP contribution >= 0.6 is 0 Å². The van der Waals surface area contributed by atoms with Gasteiger partial charge in [-0.3, -0.25) is 19.5 Å². The van der Waals surface area contributed by atoms with Crippen LogP contribution in [-0.4, -0.2) is 59.8 Å². The maximum atomic E-state index is 13.1. The molecule has 38 heavy (non-hydrogen) atoms. The average molecular weight is 510 g/mol. The van der Waals surface area contributed by atoms with E-state index in [1.54, 1.807) is 18.3 Å². The number of carbonyl (C=O) groups excluding carboxylic acids is 2. The molecule has 0 atom stereocenters. The van der Waals surface area contributed by atoms with Crippen LogP contribution in [0.3, 0.4) is 0 Å². The molecule has 0 spiro atoms. The van der Waals surface area contributed by atoms with Crippen molar-refractivity contribution in [2.24, 2.45) is 0 Å². The Morgan fingerprint density at radius 2 is 1.71 bits per heavy atom. The third-order valence-corrected chi connectivity index (χ3v) is 6.84. The second kappa shape index (κ2) is 11.4. The van der Waals surface area contributed by atoms with Crippen molar-refractivity contribution in [3.8, 4) is 11.3 Å². The summed E-state index contributed by atoms with van der Waals surface area (Å²) < 4.78 is 4.99. The van der Waals surface area contributed by atoms with Crippen LogP contribution in [0.25, 0.3) is 11.3 Å². The quantitative estimate of drug-likeness (QED) is 0.368. The number of amides is 2. The maximum Gasteiger partial charge on any atom is 0.258 e. The number of hydrogen-bond donors (Lipinski definition) is 2. The number of pyridine rings is 1. The van der Waals surface area contributed by atoms with Crippen LogP contribution in [0.1, 0.15) is 31.8 Å². The van der Waals surface area contributed by atoms with Crippen LogP contribution in [0, 0.1) is 6.92 Å². The lowest BCUT2D eigenvalue weighted by Crippen LogP contribution is -2.43. The number of aromatic nitrogens is 1. The number of benzene rings is 2. The molecule has 1 fully saturated rings. The third-order valence-electron chi connectivity index (χ3n) is 6.84. The Bertz CT molecular complexity index is 1410. The molecule has 3 heterocycles. The molecule has 4 aromatic rings. The van der Waals surface area contributed by atoms with E-state index in [0.29, 0.717) is 22.5 Å². The summed E-state index contributed by atoms with van der Waals surface area (Å²) in [6.07, 6.45) is 4.45. The molecule has 1 aliphatic rings. The zero-order valence-electron chi connectivity index (χ0n) is 21.6. The first kappa shape index (κ1) is 25.4. The van der Waals surface area contributed by atoms with Gasteiger partial charge in [-0.05, 0) is 61.5 Å². The van der Waals surface area contributed by atoms with Gasteiger partial charge in [0, 0.05) is 55.9 Å². The van der Waals surface area contributed by atoms with Crippen LogP contribution in [-0.2, 0) is 6.54 Å². The van der Waals surface area contributed by atoms with Gasteiger partial charge < -0.3 is 20.0 Å². The highest BCUT2D eigenvalue weighted by Gasteiger charge is 2.17. The fourth-order valence-electron chi connectivity index (χ4n) is 4.48. The van der Waals surface area contributed by atoms with E-state index in [1.807, 2.05) is 49.4 Å². The van der Waals surface area contributed by atoms with Crippen molar-refractivity contribution >= 4 is 23.2 Å². The molecule has 2 aromatic heterocycles. The number of para-hydroxylation sites is 1. The lowest BCUT2D eigenvalue weighted by molar-refractivity contribution is 0.101. The zero-order valence-corrected chi connectivity index (χ0v) is 21.6. The van der Waals surface area contributed by atoms with Gasteiger partial charge in [-0.2, -0.15) is 0 Å². The van der Waals surface area contributed by atoms with E-state index in [9.17, 15) is 9.59 Å². The number of furan rings is 1. The summed E-state index contributed by atoms with van der Waals surface area (Å²) in [4.78, 5) is 34.8. The molecule has 1 aliphatic heterocycles. The molecule has 1 saturated heterocycles. The molecule has 2 amide bonds. The van der Waals surface area contributed by atoms with Gasteiger partial charge in [-0.1, -0.05) is 24.3 Å². The highest BCUT2D eigenvalue weighted by atomic mass is 16.3. The number of anilines is 2. The first-order chi connectivity index (χ1) is 18.5. The Morgan fingerprint density at radius 1 is 0.921 bits per heavy atom. The lowest BCUT2D eigenvalue weighted by Gasteiger charge is -2.32. The Labute approximate surface area is 222 Å². The molecule has 194 valence electrons. The van der Waals surface area contributed by atoms with Gasteiger partial charge in [-0.15, -0.1) is 0 Å². The van der Waals surface area contributed by atoms with E-state index in [2.05, 4.69) is 38.5 Å². The van der Waals surface area contributed by atoms with E-state index in [1.165, 1.54) is 12.5 Å². The number of nitrogens with one attached hydrogen (secondary N) is 2. The smallest absolute Gasteiger partial charge is 0.258 e. The standard InChI is InChI=1S/C30H31N5O3/c1-21-7-9-25(32-30(37)24-11-16-38-20-24)17-26(21)28-10-8-22(18-31-28)29(36)33-27-6-4-3-5-23(27)19-35-14-12-34(2)13-15-35/h3-11,16-18,20H,12-15,19H2,1-2H3,(H,32,37)(H,33,36). The van der Waals surface area contributed by atoms with Gasteiger partial charge >= 0.3 is 0 Å². The number of carbonyl (C=O) groups is 2. The molecular formula is C30H31N5O3. The van der Waals surface area contributed by atoms with Gasteiger partial charge in [-0.25, -0.2) is 0 Å². The van der Waals surface area contributed by atoms with Crippen molar-refractivity contribution in [2.75, 3.05) is 43.9 Å². The molecule has 5 rings (SSSR count). The van der Waals surface area contributed by atoms with Gasteiger partial charge in [0.05, 0.1) is 23.1 Å². The average Bonchev–Trinajstić information content (AvgIpc) is 3.48. The van der Waals surface area contributed by atoms with Crippen molar-refractivity contribution in [3.05, 3.63) is 102 Å². The SMILES string of the molecule is Cc1ccc(NC(=O)c2ccoc2)cc1-c1ccc(C(=O)Nc2ccccc2CN2CCN(C)CC2)cn1. The Hall–Kier alpha value is -4.27. The number of aryl methyl sites for hydroxylation is 1. The Kier molecular flexibility index (Phi) is 7.62. The monoisotopic (exact) mass is 509 g/mol. The van der Waals surface area contributed by atoms with Gasteiger partial charge in [0.2, 0.25) is 0 Å². The van der Waals surface area contributed by atoms with Crippen LogP contribution in [0.15, 0.2) is 83.8 Å². The Balaban J connectivity index is 1.27. The van der Waals surface area contributed by atoms with Gasteiger partial charge in [0.25, 0.3) is 11.8 Å². The van der Waals surface area contributed by atoms with Crippen molar-refractivity contribution in [1.82, 2.24) is 14.8 Å². The zero-order chi connectivity index (χ0) is 26.5. The normalized spacial score (nSPS) is 14.3. The minimum Gasteiger partial charge on any atom is -0.472 e. The van der Waals surface area contributed by atoms with Crippen molar-refractivity contribution in [3.63, 3.8) is 0 Å². The summed E-state index contributed by atoms with van der Waals surface area (Å²) in [5.74, 6) is -0.450. The third kappa shape index (κ3) is 5.99. The molecule has 2 aromatic carbocycles.